The Hall–Kier alpha value is -1.29. The van der Waals surface area contributed by atoms with Crippen molar-refractivity contribution in [2.24, 2.45) is 0 Å². The zero-order valence-corrected chi connectivity index (χ0v) is 7.44. The largest absolute Gasteiger partial charge is 0.384 e. The first-order valence-corrected chi connectivity index (χ1v) is 4.40. The van der Waals surface area contributed by atoms with Crippen LogP contribution in [-0.4, -0.2) is 31.3 Å². The van der Waals surface area contributed by atoms with Crippen LogP contribution in [-0.2, 0) is 4.74 Å². The van der Waals surface area contributed by atoms with Crippen molar-refractivity contribution < 1.29 is 4.74 Å². The molecule has 2 heterocycles. The van der Waals surface area contributed by atoms with E-state index in [9.17, 15) is 0 Å². The third-order valence-corrected chi connectivity index (χ3v) is 2.14. The third kappa shape index (κ3) is 1.89. The molecule has 2 rings (SSSR count). The predicted molar refractivity (Wildman–Crippen MR) is 51.7 cm³/mol. The van der Waals surface area contributed by atoms with Crippen LogP contribution in [0.1, 0.15) is 0 Å². The Morgan fingerprint density at radius 3 is 2.85 bits per heavy atom. The summed E-state index contributed by atoms with van der Waals surface area (Å²) in [7, 11) is 0. The highest BCUT2D eigenvalue weighted by Gasteiger charge is 2.10. The molecule has 0 bridgehead atoms. The van der Waals surface area contributed by atoms with E-state index in [-0.39, 0.29) is 0 Å². The summed E-state index contributed by atoms with van der Waals surface area (Å²) in [5.41, 5.74) is 6.73. The fourth-order valence-corrected chi connectivity index (χ4v) is 1.45. The number of nitrogens with zero attached hydrogens (tertiary/aromatic N) is 2. The van der Waals surface area contributed by atoms with E-state index in [4.69, 9.17) is 10.5 Å². The molecule has 4 nitrogen and oxygen atoms in total. The molecule has 13 heavy (non-hydrogen) atoms. The van der Waals surface area contributed by atoms with Crippen LogP contribution in [0.4, 0.5) is 11.5 Å². The van der Waals surface area contributed by atoms with Crippen LogP contribution < -0.4 is 10.6 Å². The van der Waals surface area contributed by atoms with Gasteiger partial charge < -0.3 is 15.4 Å². The molecule has 2 N–H and O–H groups in total. The van der Waals surface area contributed by atoms with E-state index in [1.54, 1.807) is 6.20 Å². The van der Waals surface area contributed by atoms with E-state index in [0.717, 1.165) is 32.0 Å². The Balaban J connectivity index is 2.14. The van der Waals surface area contributed by atoms with Crippen LogP contribution in [0.15, 0.2) is 18.3 Å². The molecule has 0 unspecified atom stereocenters. The molecule has 0 amide bonds. The van der Waals surface area contributed by atoms with Crippen LogP contribution >= 0.6 is 0 Å². The summed E-state index contributed by atoms with van der Waals surface area (Å²) in [5, 5.41) is 0. The average molecular weight is 179 g/mol. The molecular weight excluding hydrogens is 166 g/mol. The molecule has 1 aliphatic rings. The molecule has 0 aliphatic carbocycles. The highest BCUT2D eigenvalue weighted by atomic mass is 16.5. The van der Waals surface area contributed by atoms with Crippen molar-refractivity contribution in [2.45, 2.75) is 0 Å². The number of morpholine rings is 1. The van der Waals surface area contributed by atoms with E-state index in [1.165, 1.54) is 0 Å². The maximum atomic E-state index is 5.60. The number of pyridine rings is 1. The first-order chi connectivity index (χ1) is 6.36. The molecule has 4 heteroatoms. The minimum atomic E-state index is 0.573. The molecule has 70 valence electrons. The second-order valence-electron chi connectivity index (χ2n) is 3.04. The van der Waals surface area contributed by atoms with E-state index in [0.29, 0.717) is 5.82 Å². The minimum absolute atomic E-state index is 0.573. The van der Waals surface area contributed by atoms with Gasteiger partial charge in [-0.05, 0) is 6.07 Å². The lowest BCUT2D eigenvalue weighted by Gasteiger charge is -2.28. The number of hydrogen-bond donors (Lipinski definition) is 1. The molecule has 1 fully saturated rings. The van der Waals surface area contributed by atoms with Gasteiger partial charge in [0.05, 0.1) is 13.2 Å². The van der Waals surface area contributed by atoms with Gasteiger partial charge in [-0.15, -0.1) is 0 Å². The molecule has 1 aromatic heterocycles. The highest BCUT2D eigenvalue weighted by Crippen LogP contribution is 2.16. The first kappa shape index (κ1) is 8.31. The Bertz CT molecular complexity index is 284. The number of aromatic nitrogens is 1. The lowest BCUT2D eigenvalue weighted by Crippen LogP contribution is -2.36. The summed E-state index contributed by atoms with van der Waals surface area (Å²) in [6.45, 7) is 3.46. The summed E-state index contributed by atoms with van der Waals surface area (Å²) in [6.07, 6.45) is 1.74. The van der Waals surface area contributed by atoms with Gasteiger partial charge in [-0.25, -0.2) is 4.98 Å². The second-order valence-corrected chi connectivity index (χ2v) is 3.04. The van der Waals surface area contributed by atoms with Gasteiger partial charge in [-0.1, -0.05) is 0 Å². The quantitative estimate of drug-likeness (QED) is 0.682. The molecule has 1 aliphatic heterocycles. The number of nitrogens with two attached hydrogens (primary N) is 1. The van der Waals surface area contributed by atoms with Gasteiger partial charge in [-0.3, -0.25) is 0 Å². The van der Waals surface area contributed by atoms with Gasteiger partial charge in [0.1, 0.15) is 5.82 Å². The highest BCUT2D eigenvalue weighted by molar-refractivity contribution is 5.52. The number of anilines is 2. The van der Waals surface area contributed by atoms with Crippen LogP contribution in [0.3, 0.4) is 0 Å². The summed E-state index contributed by atoms with van der Waals surface area (Å²) < 4.78 is 5.26. The SMILES string of the molecule is Nc1cc(N2CCOCC2)ccn1. The number of nitrogen functional groups attached to an aromatic ring is 1. The lowest BCUT2D eigenvalue weighted by atomic mass is 10.3. The van der Waals surface area contributed by atoms with E-state index >= 15 is 0 Å². The van der Waals surface area contributed by atoms with Gasteiger partial charge >= 0.3 is 0 Å². The number of hydrogen-bond acceptors (Lipinski definition) is 4. The van der Waals surface area contributed by atoms with Crippen LogP contribution in [0.5, 0.6) is 0 Å². The molecule has 1 saturated heterocycles. The van der Waals surface area contributed by atoms with Crippen molar-refractivity contribution in [1.82, 2.24) is 4.98 Å². The lowest BCUT2D eigenvalue weighted by molar-refractivity contribution is 0.122. The summed E-state index contributed by atoms with van der Waals surface area (Å²) in [5.74, 6) is 0.573. The smallest absolute Gasteiger partial charge is 0.125 e. The summed E-state index contributed by atoms with van der Waals surface area (Å²) in [6, 6.07) is 3.87. The topological polar surface area (TPSA) is 51.4 Å². The minimum Gasteiger partial charge on any atom is -0.384 e. The van der Waals surface area contributed by atoms with Gasteiger partial charge in [0.25, 0.3) is 0 Å². The first-order valence-electron chi connectivity index (χ1n) is 4.40. The molecule has 0 aromatic carbocycles. The molecular formula is C9H13N3O. The van der Waals surface area contributed by atoms with Gasteiger partial charge in [-0.2, -0.15) is 0 Å². The monoisotopic (exact) mass is 179 g/mol. The fraction of sp³-hybridized carbons (Fsp3) is 0.444. The van der Waals surface area contributed by atoms with Crippen molar-refractivity contribution in [1.29, 1.82) is 0 Å². The Morgan fingerprint density at radius 2 is 2.15 bits per heavy atom. The zero-order valence-electron chi connectivity index (χ0n) is 7.44. The fourth-order valence-electron chi connectivity index (χ4n) is 1.45. The summed E-state index contributed by atoms with van der Waals surface area (Å²) >= 11 is 0. The van der Waals surface area contributed by atoms with Crippen molar-refractivity contribution in [2.75, 3.05) is 36.9 Å². The third-order valence-electron chi connectivity index (χ3n) is 2.14. The van der Waals surface area contributed by atoms with Crippen molar-refractivity contribution in [3.05, 3.63) is 18.3 Å². The second kappa shape index (κ2) is 3.62. The van der Waals surface area contributed by atoms with Gasteiger partial charge in [0.15, 0.2) is 0 Å². The number of rotatable bonds is 1. The summed E-state index contributed by atoms with van der Waals surface area (Å²) in [4.78, 5) is 6.21. The maximum absolute atomic E-state index is 5.60. The van der Waals surface area contributed by atoms with E-state index < -0.39 is 0 Å². The molecule has 1 aromatic rings. The predicted octanol–water partition coefficient (Wildman–Crippen LogP) is 0.500. The standard InChI is InChI=1S/C9H13N3O/c10-9-7-8(1-2-11-9)12-3-5-13-6-4-12/h1-2,7H,3-6H2,(H2,10,11). The average Bonchev–Trinajstić information content (AvgIpc) is 2.19. The van der Waals surface area contributed by atoms with Gasteiger partial charge in [0.2, 0.25) is 0 Å². The maximum Gasteiger partial charge on any atom is 0.125 e. The Kier molecular flexibility index (Phi) is 2.31. The zero-order chi connectivity index (χ0) is 9.10. The number of ether oxygens (including phenoxy) is 1. The Labute approximate surface area is 77.3 Å². The van der Waals surface area contributed by atoms with Crippen LogP contribution in [0, 0.1) is 0 Å². The van der Waals surface area contributed by atoms with Crippen molar-refractivity contribution >= 4 is 11.5 Å². The van der Waals surface area contributed by atoms with Gasteiger partial charge in [0, 0.05) is 31.0 Å². The van der Waals surface area contributed by atoms with E-state index in [2.05, 4.69) is 9.88 Å². The molecule has 0 spiro atoms. The molecule has 0 atom stereocenters. The van der Waals surface area contributed by atoms with Crippen molar-refractivity contribution in [3.8, 4) is 0 Å². The normalized spacial score (nSPS) is 17.4. The molecule has 0 radical (unpaired) electrons. The van der Waals surface area contributed by atoms with Crippen LogP contribution in [0.25, 0.3) is 0 Å². The van der Waals surface area contributed by atoms with E-state index in [1.807, 2.05) is 12.1 Å². The van der Waals surface area contributed by atoms with Crippen LogP contribution in [0.2, 0.25) is 0 Å². The Morgan fingerprint density at radius 1 is 1.38 bits per heavy atom. The van der Waals surface area contributed by atoms with Crippen molar-refractivity contribution in [3.63, 3.8) is 0 Å². The molecule has 0 saturated carbocycles.